The number of likely N-dealkylation sites (tertiary alicyclic amines) is 1. The summed E-state index contributed by atoms with van der Waals surface area (Å²) >= 11 is 0. The van der Waals surface area contributed by atoms with E-state index < -0.39 is 0 Å². The molecule has 21 heavy (non-hydrogen) atoms. The predicted octanol–water partition coefficient (Wildman–Crippen LogP) is 2.55. The maximum absolute atomic E-state index is 6.37. The van der Waals surface area contributed by atoms with E-state index >= 15 is 0 Å². The summed E-state index contributed by atoms with van der Waals surface area (Å²) < 4.78 is 0. The third kappa shape index (κ3) is 3.47. The smallest absolute Gasteiger partial charge is 0.0307 e. The Morgan fingerprint density at radius 1 is 1.14 bits per heavy atom. The van der Waals surface area contributed by atoms with Crippen molar-refractivity contribution in [2.24, 2.45) is 5.73 Å². The van der Waals surface area contributed by atoms with Gasteiger partial charge in [0.1, 0.15) is 0 Å². The molecule has 2 aliphatic heterocycles. The van der Waals surface area contributed by atoms with E-state index in [2.05, 4.69) is 48.0 Å². The van der Waals surface area contributed by atoms with E-state index in [0.717, 1.165) is 25.0 Å². The van der Waals surface area contributed by atoms with Crippen LogP contribution in [0.2, 0.25) is 0 Å². The van der Waals surface area contributed by atoms with Crippen LogP contribution in [0.4, 0.5) is 0 Å². The van der Waals surface area contributed by atoms with E-state index in [4.69, 9.17) is 5.73 Å². The molecular formula is C18H29N3. The van der Waals surface area contributed by atoms with Gasteiger partial charge in [0.2, 0.25) is 0 Å². The van der Waals surface area contributed by atoms with Crippen LogP contribution in [-0.4, -0.2) is 48.6 Å². The van der Waals surface area contributed by atoms with Crippen LogP contribution in [0, 0.1) is 6.92 Å². The minimum atomic E-state index is 0.170. The lowest BCUT2D eigenvalue weighted by molar-refractivity contribution is 0.215. The number of fused-ring (bicyclic) bond motifs is 2. The molecule has 3 atom stereocenters. The molecule has 0 amide bonds. The zero-order valence-corrected chi connectivity index (χ0v) is 13.5. The van der Waals surface area contributed by atoms with Crippen molar-refractivity contribution in [2.45, 2.75) is 50.7 Å². The van der Waals surface area contributed by atoms with Crippen LogP contribution in [0.15, 0.2) is 24.3 Å². The lowest BCUT2D eigenvalue weighted by Gasteiger charge is -2.26. The molecule has 2 aliphatic rings. The van der Waals surface area contributed by atoms with E-state index in [1.807, 2.05) is 0 Å². The molecule has 2 bridgehead atoms. The second-order valence-corrected chi connectivity index (χ2v) is 6.95. The molecule has 2 fully saturated rings. The third-order valence-corrected chi connectivity index (χ3v) is 5.49. The summed E-state index contributed by atoms with van der Waals surface area (Å²) in [4.78, 5) is 5.24. The van der Waals surface area contributed by atoms with Gasteiger partial charge in [0.25, 0.3) is 0 Å². The Morgan fingerprint density at radius 2 is 1.86 bits per heavy atom. The van der Waals surface area contributed by atoms with Gasteiger partial charge in [-0.2, -0.15) is 0 Å². The van der Waals surface area contributed by atoms with Gasteiger partial charge in [-0.05, 0) is 51.8 Å². The van der Waals surface area contributed by atoms with E-state index in [1.165, 1.54) is 43.5 Å². The molecule has 3 rings (SSSR count). The number of hydrogen-bond acceptors (Lipinski definition) is 3. The SMILES string of the molecule is Cc1ccc(C(N)CCN2CCC3CCC(C2)N3C)cc1. The maximum Gasteiger partial charge on any atom is 0.0307 e. The minimum absolute atomic E-state index is 0.170. The number of benzene rings is 1. The largest absolute Gasteiger partial charge is 0.324 e. The van der Waals surface area contributed by atoms with Crippen LogP contribution in [0.1, 0.15) is 42.9 Å². The average Bonchev–Trinajstić information content (AvgIpc) is 2.72. The van der Waals surface area contributed by atoms with Gasteiger partial charge in [0.05, 0.1) is 0 Å². The van der Waals surface area contributed by atoms with Gasteiger partial charge in [-0.25, -0.2) is 0 Å². The number of rotatable bonds is 4. The first-order chi connectivity index (χ1) is 10.1. The van der Waals surface area contributed by atoms with Gasteiger partial charge in [-0.15, -0.1) is 0 Å². The molecule has 1 aromatic rings. The zero-order chi connectivity index (χ0) is 14.8. The Labute approximate surface area is 129 Å². The molecule has 0 aromatic heterocycles. The van der Waals surface area contributed by atoms with Crippen LogP contribution < -0.4 is 5.73 Å². The molecule has 116 valence electrons. The molecule has 2 saturated heterocycles. The van der Waals surface area contributed by atoms with E-state index in [1.54, 1.807) is 0 Å². The lowest BCUT2D eigenvalue weighted by atomic mass is 10.0. The van der Waals surface area contributed by atoms with Crippen LogP contribution in [0.3, 0.4) is 0 Å². The highest BCUT2D eigenvalue weighted by molar-refractivity contribution is 5.23. The Hall–Kier alpha value is -0.900. The Morgan fingerprint density at radius 3 is 2.62 bits per heavy atom. The summed E-state index contributed by atoms with van der Waals surface area (Å²) in [5.74, 6) is 0. The van der Waals surface area contributed by atoms with Crippen molar-refractivity contribution < 1.29 is 0 Å². The predicted molar refractivity (Wildman–Crippen MR) is 88.4 cm³/mol. The molecule has 3 nitrogen and oxygen atoms in total. The van der Waals surface area contributed by atoms with Crippen molar-refractivity contribution in [1.82, 2.24) is 9.80 Å². The Kier molecular flexibility index (Phi) is 4.63. The van der Waals surface area contributed by atoms with E-state index in [-0.39, 0.29) is 6.04 Å². The van der Waals surface area contributed by atoms with Crippen LogP contribution in [0.5, 0.6) is 0 Å². The summed E-state index contributed by atoms with van der Waals surface area (Å²) in [7, 11) is 2.31. The van der Waals surface area contributed by atoms with Gasteiger partial charge in [0, 0.05) is 31.2 Å². The molecule has 0 aliphatic carbocycles. The first-order valence-electron chi connectivity index (χ1n) is 8.40. The van der Waals surface area contributed by atoms with E-state index in [9.17, 15) is 0 Å². The highest BCUT2D eigenvalue weighted by atomic mass is 15.3. The number of hydrogen-bond donors (Lipinski definition) is 1. The van der Waals surface area contributed by atoms with Crippen molar-refractivity contribution in [1.29, 1.82) is 0 Å². The fourth-order valence-corrected chi connectivity index (χ4v) is 3.88. The van der Waals surface area contributed by atoms with Crippen molar-refractivity contribution in [2.75, 3.05) is 26.7 Å². The van der Waals surface area contributed by atoms with Crippen molar-refractivity contribution in [3.63, 3.8) is 0 Å². The first-order valence-corrected chi connectivity index (χ1v) is 8.40. The fraction of sp³-hybridized carbons (Fsp3) is 0.667. The van der Waals surface area contributed by atoms with Gasteiger partial charge in [-0.1, -0.05) is 29.8 Å². The minimum Gasteiger partial charge on any atom is -0.324 e. The molecule has 0 radical (unpaired) electrons. The first kappa shape index (κ1) is 15.0. The van der Waals surface area contributed by atoms with Gasteiger partial charge in [-0.3, -0.25) is 4.90 Å². The van der Waals surface area contributed by atoms with E-state index in [0.29, 0.717) is 0 Å². The highest BCUT2D eigenvalue weighted by Gasteiger charge is 2.34. The van der Waals surface area contributed by atoms with Crippen molar-refractivity contribution in [3.8, 4) is 0 Å². The summed E-state index contributed by atoms with van der Waals surface area (Å²) in [6.07, 6.45) is 5.16. The fourth-order valence-electron chi connectivity index (χ4n) is 3.88. The quantitative estimate of drug-likeness (QED) is 0.924. The second-order valence-electron chi connectivity index (χ2n) is 6.95. The van der Waals surface area contributed by atoms with Crippen molar-refractivity contribution >= 4 is 0 Å². The average molecular weight is 287 g/mol. The molecule has 1 aromatic carbocycles. The Bertz CT molecular complexity index is 456. The molecular weight excluding hydrogens is 258 g/mol. The van der Waals surface area contributed by atoms with Crippen LogP contribution >= 0.6 is 0 Å². The third-order valence-electron chi connectivity index (χ3n) is 5.49. The summed E-state index contributed by atoms with van der Waals surface area (Å²) in [5.41, 5.74) is 8.94. The Balaban J connectivity index is 1.52. The zero-order valence-electron chi connectivity index (χ0n) is 13.5. The lowest BCUT2D eigenvalue weighted by Crippen LogP contribution is -2.37. The molecule has 0 saturated carbocycles. The summed E-state index contributed by atoms with van der Waals surface area (Å²) in [6.45, 7) is 5.73. The molecule has 2 heterocycles. The summed E-state index contributed by atoms with van der Waals surface area (Å²) in [5, 5.41) is 0. The molecule has 3 unspecified atom stereocenters. The molecule has 2 N–H and O–H groups in total. The highest BCUT2D eigenvalue weighted by Crippen LogP contribution is 2.28. The monoisotopic (exact) mass is 287 g/mol. The number of likely N-dealkylation sites (N-methyl/N-ethyl adjacent to an activating group) is 1. The van der Waals surface area contributed by atoms with Crippen LogP contribution in [0.25, 0.3) is 0 Å². The van der Waals surface area contributed by atoms with Gasteiger partial charge in [0.15, 0.2) is 0 Å². The van der Waals surface area contributed by atoms with Gasteiger partial charge >= 0.3 is 0 Å². The molecule has 0 spiro atoms. The topological polar surface area (TPSA) is 32.5 Å². The van der Waals surface area contributed by atoms with Gasteiger partial charge < -0.3 is 10.6 Å². The van der Waals surface area contributed by atoms with Crippen LogP contribution in [-0.2, 0) is 0 Å². The normalized spacial score (nSPS) is 28.5. The summed E-state index contributed by atoms with van der Waals surface area (Å²) in [6, 6.07) is 10.4. The molecule has 3 heteroatoms. The van der Waals surface area contributed by atoms with Crippen molar-refractivity contribution in [3.05, 3.63) is 35.4 Å². The second kappa shape index (κ2) is 6.47. The maximum atomic E-state index is 6.37. The standard InChI is InChI=1S/C18H29N3/c1-14-3-5-15(6-4-14)18(19)10-12-21-11-9-16-7-8-17(13-21)20(16)2/h3-6,16-18H,7-13,19H2,1-2H3. The number of nitrogens with two attached hydrogens (primary N) is 1. The number of nitrogens with zero attached hydrogens (tertiary/aromatic N) is 2. The number of aryl methyl sites for hydroxylation is 1.